The number of hydrogen-bond donors (Lipinski definition) is 1. The van der Waals surface area contributed by atoms with Crippen molar-refractivity contribution in [3.8, 4) is 0 Å². The van der Waals surface area contributed by atoms with Crippen LogP contribution in [-0.2, 0) is 6.42 Å². The molecule has 1 aliphatic rings. The predicted molar refractivity (Wildman–Crippen MR) is 76.4 cm³/mol. The maximum Gasteiger partial charge on any atom is 0.185 e. The molecule has 1 aromatic carbocycles. The van der Waals surface area contributed by atoms with Crippen LogP contribution in [0.15, 0.2) is 30.5 Å². The Morgan fingerprint density at radius 2 is 2.16 bits per heavy atom. The number of piperazine rings is 1. The molecule has 1 aromatic heterocycles. The van der Waals surface area contributed by atoms with Gasteiger partial charge in [0.2, 0.25) is 0 Å². The molecule has 0 bridgehead atoms. The third-order valence-electron chi connectivity index (χ3n) is 3.20. The average Bonchev–Trinajstić information content (AvgIpc) is 2.88. The minimum atomic E-state index is -0.177. The SMILES string of the molecule is Fc1cccc(Cc2cnc(N3CCNCC3)s2)c1. The number of halogens is 1. The maximum atomic E-state index is 13.1. The van der Waals surface area contributed by atoms with Crippen LogP contribution in [0.4, 0.5) is 9.52 Å². The molecule has 0 amide bonds. The Hall–Kier alpha value is -1.46. The number of benzene rings is 1. The predicted octanol–water partition coefficient (Wildman–Crippen LogP) is 2.28. The lowest BCUT2D eigenvalue weighted by Crippen LogP contribution is -2.43. The van der Waals surface area contributed by atoms with E-state index in [2.05, 4.69) is 15.2 Å². The number of nitrogens with one attached hydrogen (secondary N) is 1. The normalized spacial score (nSPS) is 15.7. The largest absolute Gasteiger partial charge is 0.346 e. The van der Waals surface area contributed by atoms with E-state index < -0.39 is 0 Å². The number of aromatic nitrogens is 1. The van der Waals surface area contributed by atoms with E-state index in [0.717, 1.165) is 43.3 Å². The van der Waals surface area contributed by atoms with Crippen LogP contribution < -0.4 is 10.2 Å². The lowest BCUT2D eigenvalue weighted by molar-refractivity contribution is 0.588. The highest BCUT2D eigenvalue weighted by atomic mass is 32.1. The van der Waals surface area contributed by atoms with Gasteiger partial charge in [0.05, 0.1) is 0 Å². The zero-order chi connectivity index (χ0) is 13.1. The van der Waals surface area contributed by atoms with Crippen molar-refractivity contribution in [2.24, 2.45) is 0 Å². The Morgan fingerprint density at radius 3 is 2.95 bits per heavy atom. The van der Waals surface area contributed by atoms with E-state index in [9.17, 15) is 4.39 Å². The summed E-state index contributed by atoms with van der Waals surface area (Å²) in [5.74, 6) is -0.177. The van der Waals surface area contributed by atoms with Gasteiger partial charge in [-0.2, -0.15) is 0 Å². The fourth-order valence-electron chi connectivity index (χ4n) is 2.23. The van der Waals surface area contributed by atoms with Crippen LogP contribution in [0, 0.1) is 5.82 Å². The second-order valence-electron chi connectivity index (χ2n) is 4.65. The van der Waals surface area contributed by atoms with Gasteiger partial charge in [0.1, 0.15) is 5.82 Å². The van der Waals surface area contributed by atoms with Crippen LogP contribution in [0.2, 0.25) is 0 Å². The molecule has 0 aliphatic carbocycles. The smallest absolute Gasteiger partial charge is 0.185 e. The van der Waals surface area contributed by atoms with Gasteiger partial charge in [0.15, 0.2) is 5.13 Å². The molecule has 5 heteroatoms. The molecule has 2 aromatic rings. The second kappa shape index (κ2) is 5.67. The molecule has 0 unspecified atom stereocenters. The summed E-state index contributed by atoms with van der Waals surface area (Å²) in [7, 11) is 0. The molecule has 100 valence electrons. The third kappa shape index (κ3) is 3.11. The summed E-state index contributed by atoms with van der Waals surface area (Å²) in [6.45, 7) is 4.04. The summed E-state index contributed by atoms with van der Waals surface area (Å²) in [5.41, 5.74) is 0.996. The molecule has 2 heterocycles. The third-order valence-corrected chi connectivity index (χ3v) is 4.25. The minimum absolute atomic E-state index is 0.177. The molecular formula is C14H16FN3S. The van der Waals surface area contributed by atoms with E-state index in [-0.39, 0.29) is 5.82 Å². The Balaban J connectivity index is 1.70. The van der Waals surface area contributed by atoms with Crippen molar-refractivity contribution in [2.45, 2.75) is 6.42 Å². The van der Waals surface area contributed by atoms with Gasteiger partial charge in [-0.15, -0.1) is 11.3 Å². The van der Waals surface area contributed by atoms with Crippen molar-refractivity contribution >= 4 is 16.5 Å². The van der Waals surface area contributed by atoms with E-state index in [4.69, 9.17) is 0 Å². The van der Waals surface area contributed by atoms with Crippen molar-refractivity contribution in [2.75, 3.05) is 31.1 Å². The van der Waals surface area contributed by atoms with Gasteiger partial charge in [0, 0.05) is 43.7 Å². The maximum absolute atomic E-state index is 13.1. The van der Waals surface area contributed by atoms with E-state index >= 15 is 0 Å². The number of hydrogen-bond acceptors (Lipinski definition) is 4. The quantitative estimate of drug-likeness (QED) is 0.933. The molecule has 0 spiro atoms. The molecule has 1 N–H and O–H groups in total. The van der Waals surface area contributed by atoms with Crippen molar-refractivity contribution in [1.29, 1.82) is 0 Å². The molecule has 19 heavy (non-hydrogen) atoms. The number of anilines is 1. The van der Waals surface area contributed by atoms with Crippen molar-refractivity contribution in [3.05, 3.63) is 46.7 Å². The van der Waals surface area contributed by atoms with Gasteiger partial charge < -0.3 is 10.2 Å². The van der Waals surface area contributed by atoms with Gasteiger partial charge in [-0.1, -0.05) is 12.1 Å². The highest BCUT2D eigenvalue weighted by Crippen LogP contribution is 2.24. The Labute approximate surface area is 116 Å². The molecular weight excluding hydrogens is 261 g/mol. The first kappa shape index (κ1) is 12.6. The molecule has 1 saturated heterocycles. The Bertz CT molecular complexity index is 549. The lowest BCUT2D eigenvalue weighted by atomic mass is 10.1. The highest BCUT2D eigenvalue weighted by molar-refractivity contribution is 7.15. The molecule has 1 fully saturated rings. The van der Waals surface area contributed by atoms with E-state index in [1.54, 1.807) is 23.5 Å². The Kier molecular flexibility index (Phi) is 3.75. The van der Waals surface area contributed by atoms with E-state index in [1.165, 1.54) is 10.9 Å². The fraction of sp³-hybridized carbons (Fsp3) is 0.357. The van der Waals surface area contributed by atoms with Crippen LogP contribution in [0.1, 0.15) is 10.4 Å². The van der Waals surface area contributed by atoms with Crippen LogP contribution in [0.25, 0.3) is 0 Å². The summed E-state index contributed by atoms with van der Waals surface area (Å²) < 4.78 is 13.1. The van der Waals surface area contributed by atoms with Crippen molar-refractivity contribution < 1.29 is 4.39 Å². The first-order chi connectivity index (χ1) is 9.31. The van der Waals surface area contributed by atoms with Crippen molar-refractivity contribution in [1.82, 2.24) is 10.3 Å². The molecule has 3 rings (SSSR count). The van der Waals surface area contributed by atoms with Crippen LogP contribution in [0.5, 0.6) is 0 Å². The van der Waals surface area contributed by atoms with Crippen LogP contribution in [-0.4, -0.2) is 31.2 Å². The summed E-state index contributed by atoms with van der Waals surface area (Å²) in [5, 5.41) is 4.41. The number of thiazole rings is 1. The first-order valence-corrected chi connectivity index (χ1v) is 7.28. The fourth-order valence-corrected chi connectivity index (χ4v) is 3.23. The minimum Gasteiger partial charge on any atom is -0.346 e. The van der Waals surface area contributed by atoms with Gasteiger partial charge in [-0.05, 0) is 17.7 Å². The standard InChI is InChI=1S/C14H16FN3S/c15-12-3-1-2-11(8-12)9-13-10-17-14(19-13)18-6-4-16-5-7-18/h1-3,8,10,16H,4-7,9H2. The van der Waals surface area contributed by atoms with Crippen LogP contribution >= 0.6 is 11.3 Å². The molecule has 3 nitrogen and oxygen atoms in total. The van der Waals surface area contributed by atoms with Gasteiger partial charge in [-0.3, -0.25) is 0 Å². The van der Waals surface area contributed by atoms with Gasteiger partial charge in [-0.25, -0.2) is 9.37 Å². The summed E-state index contributed by atoms with van der Waals surface area (Å²) in [6, 6.07) is 6.77. The summed E-state index contributed by atoms with van der Waals surface area (Å²) >= 11 is 1.70. The second-order valence-corrected chi connectivity index (χ2v) is 5.75. The van der Waals surface area contributed by atoms with Crippen LogP contribution in [0.3, 0.4) is 0 Å². The number of rotatable bonds is 3. The number of nitrogens with zero attached hydrogens (tertiary/aromatic N) is 2. The van der Waals surface area contributed by atoms with Crippen molar-refractivity contribution in [3.63, 3.8) is 0 Å². The molecule has 0 radical (unpaired) electrons. The monoisotopic (exact) mass is 277 g/mol. The Morgan fingerprint density at radius 1 is 1.32 bits per heavy atom. The molecule has 0 saturated carbocycles. The zero-order valence-corrected chi connectivity index (χ0v) is 11.4. The first-order valence-electron chi connectivity index (χ1n) is 6.46. The highest BCUT2D eigenvalue weighted by Gasteiger charge is 2.14. The summed E-state index contributed by atoms with van der Waals surface area (Å²) in [4.78, 5) is 7.96. The molecule has 0 atom stereocenters. The molecule has 1 aliphatic heterocycles. The summed E-state index contributed by atoms with van der Waals surface area (Å²) in [6.07, 6.45) is 2.66. The van der Waals surface area contributed by atoms with Gasteiger partial charge in [0.25, 0.3) is 0 Å². The van der Waals surface area contributed by atoms with Gasteiger partial charge >= 0.3 is 0 Å². The van der Waals surface area contributed by atoms with E-state index in [1.807, 2.05) is 12.3 Å². The average molecular weight is 277 g/mol. The zero-order valence-electron chi connectivity index (χ0n) is 10.6. The lowest BCUT2D eigenvalue weighted by Gasteiger charge is -2.26. The van der Waals surface area contributed by atoms with E-state index in [0.29, 0.717) is 0 Å². The topological polar surface area (TPSA) is 28.2 Å².